The van der Waals surface area contributed by atoms with Crippen LogP contribution in [0.2, 0.25) is 0 Å². The van der Waals surface area contributed by atoms with Crippen molar-refractivity contribution in [2.24, 2.45) is 5.92 Å². The number of aromatic nitrogens is 2. The van der Waals surface area contributed by atoms with E-state index in [1.807, 2.05) is 25.1 Å². The van der Waals surface area contributed by atoms with Crippen LogP contribution >= 0.6 is 11.5 Å². The van der Waals surface area contributed by atoms with Crippen LogP contribution in [0.25, 0.3) is 0 Å². The molecule has 3 aromatic rings. The minimum atomic E-state index is -4.63. The first kappa shape index (κ1) is 23.0. The average molecular weight is 488 g/mol. The zero-order valence-corrected chi connectivity index (χ0v) is 19.6. The van der Waals surface area contributed by atoms with Gasteiger partial charge >= 0.3 is 6.18 Å². The van der Waals surface area contributed by atoms with E-state index >= 15 is 0 Å². The van der Waals surface area contributed by atoms with Gasteiger partial charge in [0, 0.05) is 22.0 Å². The molecule has 0 spiro atoms. The summed E-state index contributed by atoms with van der Waals surface area (Å²) in [6.45, 7) is 3.21. The molecule has 9 heteroatoms. The van der Waals surface area contributed by atoms with Gasteiger partial charge in [-0.25, -0.2) is 0 Å². The third kappa shape index (κ3) is 3.90. The van der Waals surface area contributed by atoms with Gasteiger partial charge < -0.3 is 10.0 Å². The molecule has 1 aliphatic carbocycles. The Morgan fingerprint density at radius 2 is 1.94 bits per heavy atom. The fraction of sp³-hybridized carbons (Fsp3) is 0.400. The topological polar surface area (TPSA) is 66.3 Å². The Morgan fingerprint density at radius 3 is 2.53 bits per heavy atom. The summed E-state index contributed by atoms with van der Waals surface area (Å²) in [5, 5.41) is 14.3. The molecule has 34 heavy (non-hydrogen) atoms. The molecule has 5 nitrogen and oxygen atoms in total. The van der Waals surface area contributed by atoms with Crippen molar-refractivity contribution >= 4 is 23.1 Å². The Balaban J connectivity index is 1.54. The Labute approximate surface area is 199 Å². The molecular weight excluding hydrogens is 463 g/mol. The van der Waals surface area contributed by atoms with Crippen LogP contribution in [0.15, 0.2) is 36.4 Å². The number of hydrogen-bond donors (Lipinski definition) is 1. The number of halogens is 3. The summed E-state index contributed by atoms with van der Waals surface area (Å²) < 4.78 is 45.6. The summed E-state index contributed by atoms with van der Waals surface area (Å²) in [4.78, 5) is 15.7. The molecule has 0 bridgehead atoms. The molecule has 1 aromatic heterocycles. The van der Waals surface area contributed by atoms with Crippen LogP contribution in [0.4, 0.5) is 18.9 Å². The average Bonchev–Trinajstić information content (AvgIpc) is 3.32. The van der Waals surface area contributed by atoms with Crippen molar-refractivity contribution in [3.8, 4) is 0 Å². The second-order valence-electron chi connectivity index (χ2n) is 9.14. The van der Waals surface area contributed by atoms with Crippen molar-refractivity contribution in [2.45, 2.75) is 57.9 Å². The SMILES string of the molecule is Cc1snnc1[C@@H](c1cccc(N2Cc3c(cc(C(C)O)cc3C(F)(F)F)C2=O)c1)C1CCC1. The molecule has 2 aliphatic rings. The molecule has 5 rings (SSSR count). The van der Waals surface area contributed by atoms with Gasteiger partial charge in [-0.15, -0.1) is 5.10 Å². The molecule has 1 fully saturated rings. The third-order valence-electron chi connectivity index (χ3n) is 7.00. The molecule has 1 aliphatic heterocycles. The second-order valence-corrected chi connectivity index (χ2v) is 10.1. The fourth-order valence-corrected chi connectivity index (χ4v) is 5.48. The lowest BCUT2D eigenvalue weighted by atomic mass is 9.71. The predicted octanol–water partition coefficient (Wildman–Crippen LogP) is 6.01. The van der Waals surface area contributed by atoms with Gasteiger partial charge in [0.15, 0.2) is 0 Å². The highest BCUT2D eigenvalue weighted by molar-refractivity contribution is 7.05. The molecule has 1 unspecified atom stereocenters. The van der Waals surface area contributed by atoms with Crippen LogP contribution in [0.1, 0.15) is 81.4 Å². The lowest BCUT2D eigenvalue weighted by Gasteiger charge is -2.34. The molecule has 1 N–H and O–H groups in total. The van der Waals surface area contributed by atoms with E-state index in [2.05, 4.69) is 9.59 Å². The number of amides is 1. The van der Waals surface area contributed by atoms with Gasteiger partial charge in [0.2, 0.25) is 0 Å². The van der Waals surface area contributed by atoms with Gasteiger partial charge in [0.1, 0.15) is 0 Å². The van der Waals surface area contributed by atoms with Gasteiger partial charge in [-0.2, -0.15) is 13.2 Å². The molecule has 2 aromatic carbocycles. The summed E-state index contributed by atoms with van der Waals surface area (Å²) in [5.41, 5.74) is 1.62. The van der Waals surface area contributed by atoms with E-state index in [4.69, 9.17) is 0 Å². The van der Waals surface area contributed by atoms with E-state index in [0.717, 1.165) is 41.5 Å². The van der Waals surface area contributed by atoms with Crippen LogP contribution in [0.5, 0.6) is 0 Å². The van der Waals surface area contributed by atoms with E-state index in [9.17, 15) is 23.1 Å². The number of benzene rings is 2. The molecule has 1 amide bonds. The summed E-state index contributed by atoms with van der Waals surface area (Å²) in [6.07, 6.45) is -2.43. The molecule has 0 radical (unpaired) electrons. The third-order valence-corrected chi connectivity index (χ3v) is 7.64. The number of anilines is 1. The van der Waals surface area contributed by atoms with Crippen LogP contribution in [-0.2, 0) is 12.7 Å². The number of aliphatic hydroxyl groups excluding tert-OH is 1. The zero-order chi connectivity index (χ0) is 24.2. The maximum absolute atomic E-state index is 13.8. The van der Waals surface area contributed by atoms with Crippen LogP contribution < -0.4 is 4.90 Å². The number of carbonyl (C=O) groups is 1. The highest BCUT2D eigenvalue weighted by atomic mass is 32.1. The van der Waals surface area contributed by atoms with E-state index in [1.165, 1.54) is 29.4 Å². The lowest BCUT2D eigenvalue weighted by Crippen LogP contribution is -2.25. The van der Waals surface area contributed by atoms with Crippen molar-refractivity contribution in [2.75, 3.05) is 4.90 Å². The Kier molecular flexibility index (Phi) is 5.72. The van der Waals surface area contributed by atoms with E-state index in [-0.39, 0.29) is 29.2 Å². The first-order valence-electron chi connectivity index (χ1n) is 11.3. The highest BCUT2D eigenvalue weighted by Gasteiger charge is 2.41. The Bertz CT molecular complexity index is 1250. The van der Waals surface area contributed by atoms with Gasteiger partial charge in [-0.3, -0.25) is 4.79 Å². The number of hydrogen-bond acceptors (Lipinski definition) is 5. The van der Waals surface area contributed by atoms with E-state index < -0.39 is 23.8 Å². The van der Waals surface area contributed by atoms with Gasteiger partial charge in [-0.05, 0) is 85.1 Å². The first-order chi connectivity index (χ1) is 16.1. The summed E-state index contributed by atoms with van der Waals surface area (Å²) in [6, 6.07) is 9.80. The van der Waals surface area contributed by atoms with Crippen LogP contribution in [-0.4, -0.2) is 20.6 Å². The van der Waals surface area contributed by atoms with Crippen molar-refractivity contribution in [1.29, 1.82) is 0 Å². The van der Waals surface area contributed by atoms with Crippen molar-refractivity contribution in [3.05, 3.63) is 74.8 Å². The summed E-state index contributed by atoms with van der Waals surface area (Å²) in [5.74, 6) is -0.0262. The van der Waals surface area contributed by atoms with Gasteiger partial charge in [-0.1, -0.05) is 23.0 Å². The molecule has 2 heterocycles. The maximum atomic E-state index is 13.8. The zero-order valence-electron chi connectivity index (χ0n) is 18.8. The monoisotopic (exact) mass is 487 g/mol. The minimum absolute atomic E-state index is 0.00813. The number of aryl methyl sites for hydroxylation is 1. The molecule has 178 valence electrons. The smallest absolute Gasteiger partial charge is 0.389 e. The summed E-state index contributed by atoms with van der Waals surface area (Å²) in [7, 11) is 0. The standard InChI is InChI=1S/C25H24F3N3O2S/c1-13(32)17-10-19-20(21(11-17)25(26,27)28)12-31(24(19)33)18-8-4-7-16(9-18)22(15-5-3-6-15)23-14(2)34-30-29-23/h4,7-11,13,15,22,32H,3,5-6,12H2,1-2H3/t13?,22-/m1/s1. The lowest BCUT2D eigenvalue weighted by molar-refractivity contribution is -0.138. The normalized spacial score (nSPS) is 18.1. The highest BCUT2D eigenvalue weighted by Crippen LogP contribution is 2.45. The van der Waals surface area contributed by atoms with Gasteiger partial charge in [0.25, 0.3) is 5.91 Å². The van der Waals surface area contributed by atoms with Gasteiger partial charge in [0.05, 0.1) is 23.9 Å². The first-order valence-corrected chi connectivity index (χ1v) is 12.0. The van der Waals surface area contributed by atoms with Crippen LogP contribution in [0, 0.1) is 12.8 Å². The fourth-order valence-electron chi connectivity index (χ4n) is 4.97. The molecule has 1 saturated carbocycles. The van der Waals surface area contributed by atoms with E-state index in [0.29, 0.717) is 11.6 Å². The largest absolute Gasteiger partial charge is 0.416 e. The number of nitrogens with zero attached hydrogens (tertiary/aromatic N) is 3. The number of carbonyl (C=O) groups excluding carboxylic acids is 1. The molecule has 2 atom stereocenters. The van der Waals surface area contributed by atoms with E-state index in [1.54, 1.807) is 6.07 Å². The number of aliphatic hydroxyl groups is 1. The quantitative estimate of drug-likeness (QED) is 0.479. The number of rotatable bonds is 5. The number of fused-ring (bicyclic) bond motifs is 1. The van der Waals surface area contributed by atoms with Crippen molar-refractivity contribution in [1.82, 2.24) is 9.59 Å². The Hall–Kier alpha value is -2.78. The Morgan fingerprint density at radius 1 is 1.18 bits per heavy atom. The maximum Gasteiger partial charge on any atom is 0.416 e. The minimum Gasteiger partial charge on any atom is -0.389 e. The second kappa shape index (κ2) is 8.46. The molecular formula is C25H24F3N3O2S. The van der Waals surface area contributed by atoms with Crippen LogP contribution in [0.3, 0.4) is 0 Å². The number of alkyl halides is 3. The molecule has 0 saturated heterocycles. The predicted molar refractivity (Wildman–Crippen MR) is 123 cm³/mol. The van der Waals surface area contributed by atoms with Crippen molar-refractivity contribution < 1.29 is 23.1 Å². The van der Waals surface area contributed by atoms with Crippen molar-refractivity contribution in [3.63, 3.8) is 0 Å². The summed E-state index contributed by atoms with van der Waals surface area (Å²) >= 11 is 1.36.